The fourth-order valence-electron chi connectivity index (χ4n) is 3.91. The highest BCUT2D eigenvalue weighted by atomic mass is 16.5. The van der Waals surface area contributed by atoms with Crippen molar-refractivity contribution >= 4 is 17.4 Å². The molecule has 142 valence electrons. The molecule has 0 saturated carbocycles. The summed E-state index contributed by atoms with van der Waals surface area (Å²) < 4.78 is 5.48. The molecule has 1 aromatic heterocycles. The van der Waals surface area contributed by atoms with Crippen LogP contribution >= 0.6 is 0 Å². The Morgan fingerprint density at radius 3 is 2.85 bits per heavy atom. The molecule has 2 aliphatic heterocycles. The second-order valence-electron chi connectivity index (χ2n) is 7.16. The van der Waals surface area contributed by atoms with E-state index in [0.717, 1.165) is 37.4 Å². The van der Waals surface area contributed by atoms with Crippen LogP contribution in [0, 0.1) is 0 Å². The first-order valence-electron chi connectivity index (χ1n) is 9.73. The van der Waals surface area contributed by atoms with Gasteiger partial charge in [0, 0.05) is 37.1 Å². The molecule has 2 aliphatic rings. The van der Waals surface area contributed by atoms with Gasteiger partial charge in [0.15, 0.2) is 0 Å². The Labute approximate surface area is 159 Å². The van der Waals surface area contributed by atoms with E-state index >= 15 is 0 Å². The number of amides is 1. The molecule has 2 atom stereocenters. The number of carbonyl (C=O) groups is 1. The number of fused-ring (bicyclic) bond motifs is 2. The van der Waals surface area contributed by atoms with Gasteiger partial charge in [0.05, 0.1) is 12.2 Å². The number of anilines is 2. The Morgan fingerprint density at radius 2 is 2.04 bits per heavy atom. The predicted octanol–water partition coefficient (Wildman–Crippen LogP) is 3.19. The Hall–Kier alpha value is -2.60. The van der Waals surface area contributed by atoms with Crippen molar-refractivity contribution in [3.05, 3.63) is 48.2 Å². The van der Waals surface area contributed by atoms with Crippen LogP contribution in [0.25, 0.3) is 0 Å². The molecular formula is C21H26N4O2. The molecule has 27 heavy (non-hydrogen) atoms. The van der Waals surface area contributed by atoms with E-state index in [9.17, 15) is 4.79 Å². The first-order chi connectivity index (χ1) is 13.2. The van der Waals surface area contributed by atoms with Gasteiger partial charge >= 0.3 is 0 Å². The minimum Gasteiger partial charge on any atom is -0.494 e. The van der Waals surface area contributed by atoms with Crippen LogP contribution in [0.4, 0.5) is 11.5 Å². The van der Waals surface area contributed by atoms with Crippen molar-refractivity contribution in [1.82, 2.24) is 15.2 Å². The predicted molar refractivity (Wildman–Crippen MR) is 106 cm³/mol. The van der Waals surface area contributed by atoms with Gasteiger partial charge < -0.3 is 20.3 Å². The van der Waals surface area contributed by atoms with E-state index in [0.29, 0.717) is 30.1 Å². The molecule has 6 nitrogen and oxygen atoms in total. The number of benzene rings is 1. The average molecular weight is 366 g/mol. The molecule has 2 bridgehead atoms. The van der Waals surface area contributed by atoms with E-state index in [4.69, 9.17) is 4.74 Å². The molecule has 6 heteroatoms. The maximum absolute atomic E-state index is 13.2. The number of rotatable bonds is 5. The monoisotopic (exact) mass is 366 g/mol. The molecule has 2 saturated heterocycles. The van der Waals surface area contributed by atoms with Gasteiger partial charge in [-0.2, -0.15) is 0 Å². The van der Waals surface area contributed by atoms with Crippen molar-refractivity contribution in [1.29, 1.82) is 0 Å². The molecule has 3 heterocycles. The SMILES string of the molecule is CCOc1ccc(Nc2ncccc2C(=O)N2CCC3CCC(C2)N3)cc1. The highest BCUT2D eigenvalue weighted by Crippen LogP contribution is 2.25. The van der Waals surface area contributed by atoms with E-state index in [2.05, 4.69) is 15.6 Å². The Morgan fingerprint density at radius 1 is 1.22 bits per heavy atom. The van der Waals surface area contributed by atoms with Crippen LogP contribution in [0.2, 0.25) is 0 Å². The van der Waals surface area contributed by atoms with Crippen LogP contribution in [0.15, 0.2) is 42.6 Å². The molecule has 0 aliphatic carbocycles. The van der Waals surface area contributed by atoms with E-state index < -0.39 is 0 Å². The summed E-state index contributed by atoms with van der Waals surface area (Å²) in [4.78, 5) is 19.6. The zero-order chi connectivity index (χ0) is 18.6. The maximum atomic E-state index is 13.2. The van der Waals surface area contributed by atoms with Gasteiger partial charge in [-0.15, -0.1) is 0 Å². The van der Waals surface area contributed by atoms with Crippen LogP contribution < -0.4 is 15.4 Å². The van der Waals surface area contributed by atoms with Gasteiger partial charge in [-0.05, 0) is 62.6 Å². The highest BCUT2D eigenvalue weighted by molar-refractivity contribution is 5.99. The fourth-order valence-corrected chi connectivity index (χ4v) is 3.91. The number of ether oxygens (including phenoxy) is 1. The number of carbonyl (C=O) groups excluding carboxylic acids is 1. The van der Waals surface area contributed by atoms with Crippen molar-refractivity contribution in [2.24, 2.45) is 0 Å². The Kier molecular flexibility index (Phi) is 5.25. The van der Waals surface area contributed by atoms with Crippen molar-refractivity contribution in [2.75, 3.05) is 25.0 Å². The smallest absolute Gasteiger partial charge is 0.257 e. The number of likely N-dealkylation sites (tertiary alicyclic amines) is 1. The summed E-state index contributed by atoms with van der Waals surface area (Å²) >= 11 is 0. The van der Waals surface area contributed by atoms with Gasteiger partial charge in [-0.25, -0.2) is 4.98 Å². The number of hydrogen-bond acceptors (Lipinski definition) is 5. The van der Waals surface area contributed by atoms with Crippen molar-refractivity contribution in [3.8, 4) is 5.75 Å². The van der Waals surface area contributed by atoms with E-state index in [1.165, 1.54) is 6.42 Å². The largest absolute Gasteiger partial charge is 0.494 e. The summed E-state index contributed by atoms with van der Waals surface area (Å²) in [7, 11) is 0. The summed E-state index contributed by atoms with van der Waals surface area (Å²) in [5.41, 5.74) is 1.49. The first kappa shape index (κ1) is 17.8. The molecule has 2 fully saturated rings. The number of nitrogens with zero attached hydrogens (tertiary/aromatic N) is 2. The molecule has 4 rings (SSSR count). The van der Waals surface area contributed by atoms with Crippen LogP contribution in [0.1, 0.15) is 36.5 Å². The standard InChI is InChI=1S/C21H26N4O2/c1-2-27-18-9-7-15(8-10-18)24-20-19(4-3-12-22-20)21(26)25-13-11-16-5-6-17(14-25)23-16/h3-4,7-10,12,16-17,23H,2,5-6,11,13-14H2,1H3,(H,22,24). The van der Waals surface area contributed by atoms with E-state index in [1.54, 1.807) is 6.20 Å². The molecule has 1 aromatic carbocycles. The number of aromatic nitrogens is 1. The first-order valence-corrected chi connectivity index (χ1v) is 9.73. The summed E-state index contributed by atoms with van der Waals surface area (Å²) in [6.45, 7) is 4.16. The zero-order valence-corrected chi connectivity index (χ0v) is 15.6. The summed E-state index contributed by atoms with van der Waals surface area (Å²) in [5, 5.41) is 6.90. The van der Waals surface area contributed by atoms with Crippen molar-refractivity contribution < 1.29 is 9.53 Å². The van der Waals surface area contributed by atoms with E-state index in [1.807, 2.05) is 48.2 Å². The lowest BCUT2D eigenvalue weighted by atomic mass is 10.1. The lowest BCUT2D eigenvalue weighted by Crippen LogP contribution is -2.39. The average Bonchev–Trinajstić information content (AvgIpc) is 3.02. The molecule has 1 amide bonds. The highest BCUT2D eigenvalue weighted by Gasteiger charge is 2.32. The van der Waals surface area contributed by atoms with Gasteiger partial charge in [0.25, 0.3) is 5.91 Å². The number of nitrogens with one attached hydrogen (secondary N) is 2. The molecule has 2 aromatic rings. The lowest BCUT2D eigenvalue weighted by Gasteiger charge is -2.25. The van der Waals surface area contributed by atoms with Crippen LogP contribution in [0.3, 0.4) is 0 Å². The van der Waals surface area contributed by atoms with Gasteiger partial charge in [0.1, 0.15) is 11.6 Å². The van der Waals surface area contributed by atoms with Crippen LogP contribution in [-0.4, -0.2) is 47.6 Å². The van der Waals surface area contributed by atoms with Crippen LogP contribution in [0.5, 0.6) is 5.75 Å². The quantitative estimate of drug-likeness (QED) is 0.851. The molecule has 2 N–H and O–H groups in total. The van der Waals surface area contributed by atoms with Gasteiger partial charge in [-0.3, -0.25) is 4.79 Å². The Balaban J connectivity index is 1.51. The second kappa shape index (κ2) is 7.96. The lowest BCUT2D eigenvalue weighted by molar-refractivity contribution is 0.0749. The van der Waals surface area contributed by atoms with Crippen molar-refractivity contribution in [2.45, 2.75) is 38.3 Å². The topological polar surface area (TPSA) is 66.5 Å². The Bertz CT molecular complexity index is 793. The second-order valence-corrected chi connectivity index (χ2v) is 7.16. The minimum absolute atomic E-state index is 0.0471. The minimum atomic E-state index is 0.0471. The third-order valence-corrected chi connectivity index (χ3v) is 5.28. The summed E-state index contributed by atoms with van der Waals surface area (Å²) in [6, 6.07) is 12.3. The number of pyridine rings is 1. The van der Waals surface area contributed by atoms with Crippen molar-refractivity contribution in [3.63, 3.8) is 0 Å². The maximum Gasteiger partial charge on any atom is 0.257 e. The third-order valence-electron chi connectivity index (χ3n) is 5.28. The number of hydrogen-bond donors (Lipinski definition) is 2. The fraction of sp³-hybridized carbons (Fsp3) is 0.429. The zero-order valence-electron chi connectivity index (χ0n) is 15.6. The summed E-state index contributed by atoms with van der Waals surface area (Å²) in [5.74, 6) is 1.47. The van der Waals surface area contributed by atoms with Crippen LogP contribution in [-0.2, 0) is 0 Å². The third kappa shape index (κ3) is 4.06. The molecule has 0 spiro atoms. The van der Waals surface area contributed by atoms with Gasteiger partial charge in [-0.1, -0.05) is 0 Å². The molecule has 2 unspecified atom stereocenters. The molecule has 0 radical (unpaired) electrons. The molecular weight excluding hydrogens is 340 g/mol. The summed E-state index contributed by atoms with van der Waals surface area (Å²) in [6.07, 6.45) is 5.10. The van der Waals surface area contributed by atoms with E-state index in [-0.39, 0.29) is 5.91 Å². The van der Waals surface area contributed by atoms with Gasteiger partial charge in [0.2, 0.25) is 0 Å². The normalized spacial score (nSPS) is 21.6.